The second kappa shape index (κ2) is 6.03. The Morgan fingerprint density at radius 3 is 2.81 bits per heavy atom. The molecule has 2 N–H and O–H groups in total. The van der Waals surface area contributed by atoms with Gasteiger partial charge in [-0.1, -0.05) is 0 Å². The SMILES string of the molecule is CC1=COc2c(N3CCNCC3)c(F)cc3c(=O)c(OC(=O)O)cn1c23. The zero-order chi connectivity index (χ0) is 18.4. The van der Waals surface area contributed by atoms with Gasteiger partial charge in [0.25, 0.3) is 0 Å². The van der Waals surface area contributed by atoms with Gasteiger partial charge in [-0.25, -0.2) is 9.18 Å². The van der Waals surface area contributed by atoms with Crippen molar-refractivity contribution in [1.29, 1.82) is 0 Å². The monoisotopic (exact) mass is 361 g/mol. The molecular formula is C17H16FN3O5. The number of rotatable bonds is 2. The minimum absolute atomic E-state index is 0.00239. The minimum atomic E-state index is -1.61. The van der Waals surface area contributed by atoms with Crippen molar-refractivity contribution < 1.29 is 23.8 Å². The predicted octanol–water partition coefficient (Wildman–Crippen LogP) is 1.82. The third-order valence-electron chi connectivity index (χ3n) is 4.50. The van der Waals surface area contributed by atoms with Gasteiger partial charge in [-0.2, -0.15) is 0 Å². The molecule has 9 heteroatoms. The van der Waals surface area contributed by atoms with Crippen LogP contribution in [0.5, 0.6) is 11.5 Å². The van der Waals surface area contributed by atoms with Gasteiger partial charge in [0.15, 0.2) is 17.3 Å². The topological polar surface area (TPSA) is 93.0 Å². The van der Waals surface area contributed by atoms with E-state index in [-0.39, 0.29) is 16.9 Å². The second-order valence-electron chi connectivity index (χ2n) is 6.11. The maximum absolute atomic E-state index is 14.9. The lowest BCUT2D eigenvalue weighted by molar-refractivity contribution is 0.144. The number of ether oxygens (including phenoxy) is 2. The summed E-state index contributed by atoms with van der Waals surface area (Å²) in [6.45, 7) is 4.36. The molecule has 26 heavy (non-hydrogen) atoms. The molecule has 0 radical (unpaired) electrons. The predicted molar refractivity (Wildman–Crippen MR) is 92.5 cm³/mol. The van der Waals surface area contributed by atoms with E-state index in [4.69, 9.17) is 9.84 Å². The Morgan fingerprint density at radius 1 is 1.38 bits per heavy atom. The zero-order valence-electron chi connectivity index (χ0n) is 13.9. The summed E-state index contributed by atoms with van der Waals surface area (Å²) in [4.78, 5) is 25.3. The van der Waals surface area contributed by atoms with Gasteiger partial charge in [-0.3, -0.25) is 4.79 Å². The minimum Gasteiger partial charge on any atom is -0.459 e. The maximum atomic E-state index is 14.9. The fourth-order valence-corrected chi connectivity index (χ4v) is 3.33. The van der Waals surface area contributed by atoms with Crippen LogP contribution in [0.25, 0.3) is 16.6 Å². The number of halogens is 1. The van der Waals surface area contributed by atoms with Crippen LogP contribution in [0, 0.1) is 5.82 Å². The van der Waals surface area contributed by atoms with E-state index in [9.17, 15) is 14.0 Å². The Morgan fingerprint density at radius 2 is 2.12 bits per heavy atom. The fourth-order valence-electron chi connectivity index (χ4n) is 3.33. The Hall–Kier alpha value is -3.07. The van der Waals surface area contributed by atoms with E-state index in [0.717, 1.165) is 6.07 Å². The first-order valence-electron chi connectivity index (χ1n) is 8.09. The molecule has 1 aromatic carbocycles. The number of nitrogens with one attached hydrogen (secondary N) is 1. The van der Waals surface area contributed by atoms with Crippen LogP contribution in [-0.4, -0.2) is 42.0 Å². The molecule has 3 heterocycles. The van der Waals surface area contributed by atoms with E-state index in [1.165, 1.54) is 12.5 Å². The van der Waals surface area contributed by atoms with E-state index >= 15 is 0 Å². The summed E-state index contributed by atoms with van der Waals surface area (Å²) in [6, 6.07) is 1.12. The molecule has 1 saturated heterocycles. The summed E-state index contributed by atoms with van der Waals surface area (Å²) in [5.41, 5.74) is 0.588. The molecule has 2 aliphatic heterocycles. The number of allylic oxidation sites excluding steroid dienone is 1. The van der Waals surface area contributed by atoms with Crippen LogP contribution >= 0.6 is 0 Å². The Balaban J connectivity index is 2.02. The van der Waals surface area contributed by atoms with E-state index in [2.05, 4.69) is 10.1 Å². The second-order valence-corrected chi connectivity index (χ2v) is 6.11. The van der Waals surface area contributed by atoms with Crippen LogP contribution in [-0.2, 0) is 0 Å². The van der Waals surface area contributed by atoms with Crippen LogP contribution in [0.15, 0.2) is 23.3 Å². The number of anilines is 1. The smallest absolute Gasteiger partial charge is 0.459 e. The number of pyridine rings is 1. The third kappa shape index (κ3) is 2.48. The molecule has 2 aliphatic rings. The van der Waals surface area contributed by atoms with Crippen LogP contribution in [0.1, 0.15) is 6.92 Å². The summed E-state index contributed by atoms with van der Waals surface area (Å²) in [7, 11) is 0. The number of aromatic nitrogens is 1. The van der Waals surface area contributed by atoms with Gasteiger partial charge in [-0.05, 0) is 13.0 Å². The highest BCUT2D eigenvalue weighted by Gasteiger charge is 2.28. The van der Waals surface area contributed by atoms with Gasteiger partial charge in [0.1, 0.15) is 17.5 Å². The molecule has 1 fully saturated rings. The van der Waals surface area contributed by atoms with E-state index in [0.29, 0.717) is 43.1 Å². The van der Waals surface area contributed by atoms with Crippen LogP contribution in [0.3, 0.4) is 0 Å². The van der Waals surface area contributed by atoms with Crippen molar-refractivity contribution >= 4 is 28.4 Å². The van der Waals surface area contributed by atoms with Crippen molar-refractivity contribution in [3.63, 3.8) is 0 Å². The first-order chi connectivity index (χ1) is 12.5. The number of hydrogen-bond acceptors (Lipinski definition) is 6. The number of nitrogens with zero attached hydrogens (tertiary/aromatic N) is 2. The third-order valence-corrected chi connectivity index (χ3v) is 4.50. The van der Waals surface area contributed by atoms with Gasteiger partial charge in [0.05, 0.1) is 17.3 Å². The quantitative estimate of drug-likeness (QED) is 0.788. The van der Waals surface area contributed by atoms with Gasteiger partial charge >= 0.3 is 6.16 Å². The molecule has 2 aromatic rings. The molecule has 0 spiro atoms. The summed E-state index contributed by atoms with van der Waals surface area (Å²) < 4.78 is 26.7. The summed E-state index contributed by atoms with van der Waals surface area (Å²) in [5.74, 6) is -0.745. The van der Waals surface area contributed by atoms with Crippen LogP contribution in [0.4, 0.5) is 14.9 Å². The fraction of sp³-hybridized carbons (Fsp3) is 0.294. The first kappa shape index (κ1) is 16.4. The van der Waals surface area contributed by atoms with Gasteiger partial charge in [-0.15, -0.1) is 0 Å². The number of benzene rings is 1. The molecule has 0 saturated carbocycles. The molecule has 0 bridgehead atoms. The van der Waals surface area contributed by atoms with Crippen LogP contribution < -0.4 is 25.1 Å². The Bertz CT molecular complexity index is 1010. The number of piperazine rings is 1. The van der Waals surface area contributed by atoms with Crippen molar-refractivity contribution in [2.75, 3.05) is 31.1 Å². The maximum Gasteiger partial charge on any atom is 0.511 e. The van der Waals surface area contributed by atoms with Gasteiger partial charge in [0.2, 0.25) is 5.43 Å². The van der Waals surface area contributed by atoms with E-state index in [1.54, 1.807) is 11.5 Å². The summed E-state index contributed by atoms with van der Waals surface area (Å²) in [6.07, 6.45) is 1.11. The molecule has 0 amide bonds. The van der Waals surface area contributed by atoms with Crippen molar-refractivity contribution in [2.45, 2.75) is 6.92 Å². The standard InChI is InChI=1S/C17H16FN3O5/c1-9-8-25-16-13-10(15(22)12(7-21(9)13)26-17(23)24)6-11(18)14(16)20-4-2-19-3-5-20/h6-8,19H,2-5H2,1H3,(H,23,24). The highest BCUT2D eigenvalue weighted by atomic mass is 19.1. The summed E-state index contributed by atoms with van der Waals surface area (Å²) in [5, 5.41) is 12.0. The average molecular weight is 361 g/mol. The highest BCUT2D eigenvalue weighted by molar-refractivity contribution is 5.95. The molecule has 1 aromatic heterocycles. The number of carboxylic acid groups (broad SMARTS) is 1. The van der Waals surface area contributed by atoms with Crippen LogP contribution in [0.2, 0.25) is 0 Å². The van der Waals surface area contributed by atoms with Crippen molar-refractivity contribution in [2.24, 2.45) is 0 Å². The van der Waals surface area contributed by atoms with Crippen molar-refractivity contribution in [1.82, 2.24) is 9.88 Å². The molecule has 0 aliphatic carbocycles. The molecular weight excluding hydrogens is 345 g/mol. The normalized spacial score (nSPS) is 16.2. The lowest BCUT2D eigenvalue weighted by atomic mass is 10.1. The number of carbonyl (C=O) groups is 1. The average Bonchev–Trinajstić information content (AvgIpc) is 2.61. The zero-order valence-corrected chi connectivity index (χ0v) is 13.9. The van der Waals surface area contributed by atoms with E-state index in [1.807, 2.05) is 4.90 Å². The highest BCUT2D eigenvalue weighted by Crippen LogP contribution is 2.41. The van der Waals surface area contributed by atoms with E-state index < -0.39 is 17.4 Å². The Kier molecular flexibility index (Phi) is 3.80. The summed E-state index contributed by atoms with van der Waals surface area (Å²) >= 11 is 0. The lowest BCUT2D eigenvalue weighted by Gasteiger charge is -2.32. The van der Waals surface area contributed by atoms with Crippen molar-refractivity contribution in [3.05, 3.63) is 34.6 Å². The van der Waals surface area contributed by atoms with Gasteiger partial charge in [0, 0.05) is 26.2 Å². The van der Waals surface area contributed by atoms with Gasteiger partial charge < -0.3 is 29.4 Å². The first-order valence-corrected chi connectivity index (χ1v) is 8.09. The number of hydrogen-bond donors (Lipinski definition) is 2. The Labute approximate surface area is 147 Å². The molecule has 4 rings (SSSR count). The largest absolute Gasteiger partial charge is 0.511 e. The molecule has 8 nitrogen and oxygen atoms in total. The molecule has 0 unspecified atom stereocenters. The lowest BCUT2D eigenvalue weighted by Crippen LogP contribution is -2.44. The molecule has 0 atom stereocenters. The van der Waals surface area contributed by atoms with Crippen molar-refractivity contribution in [3.8, 4) is 11.5 Å². The molecule has 136 valence electrons.